The molecular weight excluding hydrogens is 308 g/mol. The lowest BCUT2D eigenvalue weighted by Gasteiger charge is -2.24. The van der Waals surface area contributed by atoms with Crippen LogP contribution in [-0.4, -0.2) is 41.2 Å². The van der Waals surface area contributed by atoms with Gasteiger partial charge in [0.1, 0.15) is 0 Å². The second-order valence-electron chi connectivity index (χ2n) is 5.45. The normalized spacial score (nSPS) is 27.6. The molecule has 1 aromatic carbocycles. The van der Waals surface area contributed by atoms with Gasteiger partial charge in [-0.05, 0) is 11.1 Å². The molecule has 0 spiro atoms. The summed E-state index contributed by atoms with van der Waals surface area (Å²) in [5.41, 5.74) is 2.19. The minimum absolute atomic E-state index is 0. The van der Waals surface area contributed by atoms with E-state index in [9.17, 15) is 9.90 Å². The number of fused-ring (bicyclic) bond motifs is 1. The lowest BCUT2D eigenvalue weighted by molar-refractivity contribution is -0.123. The topological polar surface area (TPSA) is 61.4 Å². The molecule has 1 heterocycles. The van der Waals surface area contributed by atoms with Crippen molar-refractivity contribution in [3.63, 3.8) is 0 Å². The average molecular weight is 329 g/mol. The molecule has 1 aliphatic carbocycles. The third kappa shape index (κ3) is 3.92. The fraction of sp³-hybridized carbons (Fsp3) is 0.533. The van der Waals surface area contributed by atoms with Crippen LogP contribution in [-0.2, 0) is 11.2 Å². The fourth-order valence-electron chi connectivity index (χ4n) is 2.95. The van der Waals surface area contributed by atoms with E-state index in [4.69, 9.17) is 0 Å². The Morgan fingerprint density at radius 2 is 2.24 bits per heavy atom. The van der Waals surface area contributed by atoms with E-state index >= 15 is 0 Å². The molecule has 0 saturated carbocycles. The summed E-state index contributed by atoms with van der Waals surface area (Å²) in [6, 6.07) is 7.93. The molecule has 2 aliphatic rings. The number of amides is 1. The van der Waals surface area contributed by atoms with Gasteiger partial charge in [0.15, 0.2) is 0 Å². The van der Waals surface area contributed by atoms with Crippen molar-refractivity contribution >= 4 is 30.1 Å². The average Bonchev–Trinajstić information content (AvgIpc) is 2.76. The summed E-state index contributed by atoms with van der Waals surface area (Å²) in [6.07, 6.45) is 0.599. The van der Waals surface area contributed by atoms with Crippen LogP contribution >= 0.6 is 24.2 Å². The van der Waals surface area contributed by atoms with E-state index in [1.165, 1.54) is 0 Å². The van der Waals surface area contributed by atoms with Gasteiger partial charge in [0.2, 0.25) is 5.91 Å². The molecule has 21 heavy (non-hydrogen) atoms. The summed E-state index contributed by atoms with van der Waals surface area (Å²) in [7, 11) is 0. The van der Waals surface area contributed by atoms with Crippen LogP contribution < -0.4 is 10.6 Å². The predicted molar refractivity (Wildman–Crippen MR) is 88.0 cm³/mol. The van der Waals surface area contributed by atoms with Gasteiger partial charge in [-0.2, -0.15) is 11.8 Å². The summed E-state index contributed by atoms with van der Waals surface area (Å²) >= 11 is 1.88. The number of carbonyl (C=O) groups excluding carboxylic acids is 1. The number of thioether (sulfide) groups is 1. The zero-order valence-electron chi connectivity index (χ0n) is 11.7. The second-order valence-corrected chi connectivity index (χ2v) is 6.60. The molecular formula is C15H21ClN2O2S. The SMILES string of the molecule is Cl.O=C(CC1CSCCN1)N[C@H]1c2ccccc2C[C@H]1O. The van der Waals surface area contributed by atoms with Gasteiger partial charge in [-0.3, -0.25) is 4.79 Å². The predicted octanol–water partition coefficient (Wildman–Crippen LogP) is 1.28. The minimum atomic E-state index is -0.509. The van der Waals surface area contributed by atoms with E-state index in [1.807, 2.05) is 36.0 Å². The highest BCUT2D eigenvalue weighted by atomic mass is 35.5. The summed E-state index contributed by atoms with van der Waals surface area (Å²) in [5.74, 6) is 2.12. The molecule has 116 valence electrons. The molecule has 4 nitrogen and oxygen atoms in total. The Hall–Kier alpha value is -0.750. The number of benzene rings is 1. The number of aliphatic hydroxyl groups is 1. The van der Waals surface area contributed by atoms with Gasteiger partial charge in [-0.25, -0.2) is 0 Å². The van der Waals surface area contributed by atoms with E-state index in [1.54, 1.807) is 0 Å². The van der Waals surface area contributed by atoms with Gasteiger partial charge in [0.05, 0.1) is 12.1 Å². The third-order valence-electron chi connectivity index (χ3n) is 3.95. The maximum Gasteiger partial charge on any atom is 0.222 e. The van der Waals surface area contributed by atoms with Crippen molar-refractivity contribution in [2.45, 2.75) is 31.0 Å². The number of hydrogen-bond donors (Lipinski definition) is 3. The molecule has 1 aliphatic heterocycles. The Morgan fingerprint density at radius 3 is 3.00 bits per heavy atom. The molecule has 1 aromatic rings. The molecule has 6 heteroatoms. The van der Waals surface area contributed by atoms with Crippen molar-refractivity contribution in [3.05, 3.63) is 35.4 Å². The summed E-state index contributed by atoms with van der Waals surface area (Å²) in [5, 5.41) is 16.5. The molecule has 0 aromatic heterocycles. The molecule has 1 unspecified atom stereocenters. The Balaban J connectivity index is 0.00000161. The van der Waals surface area contributed by atoms with E-state index in [0.29, 0.717) is 12.8 Å². The van der Waals surface area contributed by atoms with Crippen LogP contribution in [0.15, 0.2) is 24.3 Å². The first kappa shape index (κ1) is 16.6. The van der Waals surface area contributed by atoms with Crippen LogP contribution in [0.3, 0.4) is 0 Å². The Bertz CT molecular complexity index is 494. The fourth-order valence-corrected chi connectivity index (χ4v) is 3.90. The summed E-state index contributed by atoms with van der Waals surface area (Å²) < 4.78 is 0. The number of aliphatic hydroxyl groups excluding tert-OH is 1. The van der Waals surface area contributed by atoms with Gasteiger partial charge in [0, 0.05) is 36.9 Å². The van der Waals surface area contributed by atoms with Gasteiger partial charge < -0.3 is 15.7 Å². The molecule has 3 atom stereocenters. The largest absolute Gasteiger partial charge is 0.390 e. The Morgan fingerprint density at radius 1 is 1.43 bits per heavy atom. The minimum Gasteiger partial charge on any atom is -0.390 e. The highest BCUT2D eigenvalue weighted by molar-refractivity contribution is 7.99. The van der Waals surface area contributed by atoms with E-state index in [0.717, 1.165) is 29.2 Å². The number of nitrogens with one attached hydrogen (secondary N) is 2. The second kappa shape index (κ2) is 7.49. The molecule has 1 saturated heterocycles. The van der Waals surface area contributed by atoms with Gasteiger partial charge in [-0.1, -0.05) is 24.3 Å². The molecule has 1 fully saturated rings. The standard InChI is InChI=1S/C15H20N2O2S.ClH/c18-13-7-10-3-1-2-4-12(10)15(13)17-14(19)8-11-9-20-6-5-16-11;/h1-4,11,13,15-16,18H,5-9H2,(H,17,19);1H/t11?,13-,15+;/m1./s1. The van der Waals surface area contributed by atoms with Crippen molar-refractivity contribution in [2.24, 2.45) is 0 Å². The number of rotatable bonds is 3. The molecule has 3 rings (SSSR count). The van der Waals surface area contributed by atoms with Crippen LogP contribution in [0.2, 0.25) is 0 Å². The van der Waals surface area contributed by atoms with Crippen molar-refractivity contribution in [1.82, 2.24) is 10.6 Å². The van der Waals surface area contributed by atoms with E-state index < -0.39 is 6.10 Å². The van der Waals surface area contributed by atoms with Crippen LogP contribution in [0.25, 0.3) is 0 Å². The van der Waals surface area contributed by atoms with Crippen molar-refractivity contribution in [2.75, 3.05) is 18.1 Å². The van der Waals surface area contributed by atoms with E-state index in [2.05, 4.69) is 10.6 Å². The number of halogens is 1. The Labute approximate surface area is 135 Å². The lowest BCUT2D eigenvalue weighted by Crippen LogP contribution is -2.43. The van der Waals surface area contributed by atoms with Crippen molar-refractivity contribution < 1.29 is 9.90 Å². The smallest absolute Gasteiger partial charge is 0.222 e. The third-order valence-corrected chi connectivity index (χ3v) is 5.08. The highest BCUT2D eigenvalue weighted by Crippen LogP contribution is 2.31. The van der Waals surface area contributed by atoms with Crippen molar-refractivity contribution in [3.8, 4) is 0 Å². The number of hydrogen-bond acceptors (Lipinski definition) is 4. The van der Waals surface area contributed by atoms with Crippen LogP contribution in [0, 0.1) is 0 Å². The lowest BCUT2D eigenvalue weighted by atomic mass is 10.1. The van der Waals surface area contributed by atoms with Gasteiger partial charge in [-0.15, -0.1) is 12.4 Å². The molecule has 1 amide bonds. The maximum atomic E-state index is 12.2. The number of carbonyl (C=O) groups is 1. The molecule has 0 bridgehead atoms. The summed E-state index contributed by atoms with van der Waals surface area (Å²) in [6.45, 7) is 0.970. The summed E-state index contributed by atoms with van der Waals surface area (Å²) in [4.78, 5) is 12.2. The first-order valence-corrected chi connectivity index (χ1v) is 8.26. The van der Waals surface area contributed by atoms with E-state index in [-0.39, 0.29) is 30.4 Å². The van der Waals surface area contributed by atoms with Crippen LogP contribution in [0.5, 0.6) is 0 Å². The zero-order valence-corrected chi connectivity index (χ0v) is 13.4. The molecule has 3 N–H and O–H groups in total. The monoisotopic (exact) mass is 328 g/mol. The van der Waals surface area contributed by atoms with Crippen LogP contribution in [0.4, 0.5) is 0 Å². The first-order valence-electron chi connectivity index (χ1n) is 7.10. The molecule has 0 radical (unpaired) electrons. The first-order chi connectivity index (χ1) is 9.74. The Kier molecular flexibility index (Phi) is 5.93. The highest BCUT2D eigenvalue weighted by Gasteiger charge is 2.32. The van der Waals surface area contributed by atoms with Crippen LogP contribution in [0.1, 0.15) is 23.6 Å². The zero-order chi connectivity index (χ0) is 13.9. The quantitative estimate of drug-likeness (QED) is 0.782. The maximum absolute atomic E-state index is 12.2. The van der Waals surface area contributed by atoms with Gasteiger partial charge >= 0.3 is 0 Å². The van der Waals surface area contributed by atoms with Gasteiger partial charge in [0.25, 0.3) is 0 Å². The van der Waals surface area contributed by atoms with Crippen molar-refractivity contribution in [1.29, 1.82) is 0 Å².